The summed E-state index contributed by atoms with van der Waals surface area (Å²) in [6.07, 6.45) is 9.84. The molecule has 6 heteroatoms. The number of nitrogens with zero attached hydrogens (tertiary/aromatic N) is 2. The molecule has 1 heterocycles. The van der Waals surface area contributed by atoms with E-state index < -0.39 is 0 Å². The number of allylic oxidation sites excluding steroid dienone is 4. The number of aromatic nitrogens is 2. The minimum Gasteiger partial charge on any atom is -0.322 e. The summed E-state index contributed by atoms with van der Waals surface area (Å²) in [4.78, 5) is 25.3. The summed E-state index contributed by atoms with van der Waals surface area (Å²) in [5.74, 6) is -0.190. The summed E-state index contributed by atoms with van der Waals surface area (Å²) in [6.45, 7) is 0.542. The smallest absolute Gasteiger partial charge is 0.258 e. The Morgan fingerprint density at radius 3 is 2.72 bits per heavy atom. The zero-order chi connectivity index (χ0) is 22.1. The van der Waals surface area contributed by atoms with Crippen molar-refractivity contribution >= 4 is 29.4 Å². The predicted molar refractivity (Wildman–Crippen MR) is 124 cm³/mol. The SMILES string of the molecule is O=C1CC=C(NC(=O)c2cnn(Cc3ccc(Cl)cc3)c2)C=C1C1=Cc2ccccc2C1. The van der Waals surface area contributed by atoms with Crippen LogP contribution in [0, 0.1) is 0 Å². The molecule has 0 saturated heterocycles. The Morgan fingerprint density at radius 1 is 1.09 bits per heavy atom. The lowest BCUT2D eigenvalue weighted by Gasteiger charge is -2.14. The largest absolute Gasteiger partial charge is 0.322 e. The maximum atomic E-state index is 12.8. The number of carbonyl (C=O) groups is 2. The third kappa shape index (κ3) is 4.20. The maximum Gasteiger partial charge on any atom is 0.258 e. The highest BCUT2D eigenvalue weighted by Crippen LogP contribution is 2.32. The molecule has 32 heavy (non-hydrogen) atoms. The Hall–Kier alpha value is -3.70. The fourth-order valence-corrected chi connectivity index (χ4v) is 4.09. The summed E-state index contributed by atoms with van der Waals surface area (Å²) >= 11 is 5.93. The molecule has 0 bridgehead atoms. The van der Waals surface area contributed by atoms with Gasteiger partial charge in [0.25, 0.3) is 5.91 Å². The van der Waals surface area contributed by atoms with Gasteiger partial charge >= 0.3 is 0 Å². The van der Waals surface area contributed by atoms with Crippen molar-refractivity contribution in [2.75, 3.05) is 0 Å². The van der Waals surface area contributed by atoms with Gasteiger partial charge in [-0.3, -0.25) is 14.3 Å². The van der Waals surface area contributed by atoms with Gasteiger partial charge in [0.15, 0.2) is 5.78 Å². The van der Waals surface area contributed by atoms with Crippen molar-refractivity contribution in [3.63, 3.8) is 0 Å². The highest BCUT2D eigenvalue weighted by molar-refractivity contribution is 6.30. The highest BCUT2D eigenvalue weighted by atomic mass is 35.5. The number of hydrogen-bond acceptors (Lipinski definition) is 3. The quantitative estimate of drug-likeness (QED) is 0.622. The number of nitrogens with one attached hydrogen (secondary N) is 1. The number of rotatable bonds is 5. The third-order valence-corrected chi connectivity index (χ3v) is 5.88. The number of amides is 1. The number of hydrogen-bond donors (Lipinski definition) is 1. The van der Waals surface area contributed by atoms with Gasteiger partial charge in [-0.25, -0.2) is 0 Å². The molecule has 0 aliphatic heterocycles. The lowest BCUT2D eigenvalue weighted by atomic mass is 9.93. The van der Waals surface area contributed by atoms with E-state index in [-0.39, 0.29) is 18.1 Å². The van der Waals surface area contributed by atoms with Crippen molar-refractivity contribution in [1.82, 2.24) is 15.1 Å². The molecule has 1 aromatic heterocycles. The van der Waals surface area contributed by atoms with E-state index in [2.05, 4.69) is 28.6 Å². The predicted octanol–water partition coefficient (Wildman–Crippen LogP) is 4.74. The average Bonchev–Trinajstić information content (AvgIpc) is 3.44. The minimum absolute atomic E-state index is 0.0674. The Morgan fingerprint density at radius 2 is 1.91 bits per heavy atom. The van der Waals surface area contributed by atoms with Crippen LogP contribution in [-0.2, 0) is 17.8 Å². The number of carbonyl (C=O) groups excluding carboxylic acids is 2. The first-order chi connectivity index (χ1) is 15.5. The van der Waals surface area contributed by atoms with Gasteiger partial charge in [0.05, 0.1) is 18.3 Å². The van der Waals surface area contributed by atoms with Crippen LogP contribution in [0.2, 0.25) is 5.02 Å². The third-order valence-electron chi connectivity index (χ3n) is 5.63. The van der Waals surface area contributed by atoms with Gasteiger partial charge in [-0.2, -0.15) is 5.10 Å². The van der Waals surface area contributed by atoms with Crippen LogP contribution in [0.1, 0.15) is 33.5 Å². The number of ketones is 1. The molecule has 0 spiro atoms. The van der Waals surface area contributed by atoms with Crippen molar-refractivity contribution in [2.24, 2.45) is 0 Å². The molecule has 3 aromatic rings. The van der Waals surface area contributed by atoms with Gasteiger partial charge < -0.3 is 5.32 Å². The summed E-state index contributed by atoms with van der Waals surface area (Å²) in [7, 11) is 0. The summed E-state index contributed by atoms with van der Waals surface area (Å²) in [5, 5.41) is 7.88. The topological polar surface area (TPSA) is 64.0 Å². The van der Waals surface area contributed by atoms with Crippen LogP contribution in [-0.4, -0.2) is 21.5 Å². The number of halogens is 1. The lowest BCUT2D eigenvalue weighted by Crippen LogP contribution is -2.24. The Labute approximate surface area is 190 Å². The fourth-order valence-electron chi connectivity index (χ4n) is 3.97. The van der Waals surface area contributed by atoms with Crippen LogP contribution in [0.5, 0.6) is 0 Å². The van der Waals surface area contributed by atoms with E-state index in [9.17, 15) is 9.59 Å². The lowest BCUT2D eigenvalue weighted by molar-refractivity contribution is -0.114. The van der Waals surface area contributed by atoms with Crippen molar-refractivity contribution in [1.29, 1.82) is 0 Å². The van der Waals surface area contributed by atoms with Crippen LogP contribution in [0.25, 0.3) is 6.08 Å². The van der Waals surface area contributed by atoms with E-state index in [0.717, 1.165) is 23.1 Å². The molecule has 2 aromatic carbocycles. The Bertz CT molecular complexity index is 1310. The van der Waals surface area contributed by atoms with E-state index in [0.29, 0.717) is 28.4 Å². The van der Waals surface area contributed by atoms with Gasteiger partial charge in [0, 0.05) is 28.9 Å². The fraction of sp³-hybridized carbons (Fsp3) is 0.115. The van der Waals surface area contributed by atoms with E-state index in [1.165, 1.54) is 5.56 Å². The van der Waals surface area contributed by atoms with Crippen molar-refractivity contribution in [3.05, 3.63) is 117 Å². The molecule has 5 nitrogen and oxygen atoms in total. The van der Waals surface area contributed by atoms with Gasteiger partial charge in [0.2, 0.25) is 0 Å². The second-order valence-electron chi connectivity index (χ2n) is 7.90. The van der Waals surface area contributed by atoms with Crippen LogP contribution in [0.4, 0.5) is 0 Å². The van der Waals surface area contributed by atoms with Gasteiger partial charge in [-0.15, -0.1) is 0 Å². The van der Waals surface area contributed by atoms with E-state index >= 15 is 0 Å². The Balaban J connectivity index is 1.28. The highest BCUT2D eigenvalue weighted by Gasteiger charge is 2.23. The maximum absolute atomic E-state index is 12.8. The average molecular weight is 442 g/mol. The van der Waals surface area contributed by atoms with E-state index in [4.69, 9.17) is 11.6 Å². The molecule has 0 atom stereocenters. The second kappa shape index (κ2) is 8.44. The zero-order valence-corrected chi connectivity index (χ0v) is 18.0. The first-order valence-electron chi connectivity index (χ1n) is 10.4. The summed E-state index contributed by atoms with van der Waals surface area (Å²) < 4.78 is 1.71. The van der Waals surface area contributed by atoms with Crippen LogP contribution in [0.15, 0.2) is 89.9 Å². The van der Waals surface area contributed by atoms with E-state index in [1.807, 2.05) is 36.4 Å². The molecular weight excluding hydrogens is 422 g/mol. The molecule has 0 unspecified atom stereocenters. The van der Waals surface area contributed by atoms with Crippen molar-refractivity contribution < 1.29 is 9.59 Å². The van der Waals surface area contributed by atoms with Crippen molar-refractivity contribution in [2.45, 2.75) is 19.4 Å². The van der Waals surface area contributed by atoms with Crippen LogP contribution in [0.3, 0.4) is 0 Å². The molecule has 1 amide bonds. The van der Waals surface area contributed by atoms with Crippen LogP contribution >= 0.6 is 11.6 Å². The molecule has 1 N–H and O–H groups in total. The number of fused-ring (bicyclic) bond motifs is 1. The number of benzene rings is 2. The zero-order valence-electron chi connectivity index (χ0n) is 17.2. The Kier molecular flexibility index (Phi) is 5.33. The van der Waals surface area contributed by atoms with Gasteiger partial charge in [-0.1, -0.05) is 60.2 Å². The monoisotopic (exact) mass is 441 g/mol. The first kappa shape index (κ1) is 20.2. The molecule has 2 aliphatic rings. The number of Topliss-reactive ketones (excluding diaryl/α,β-unsaturated/α-hetero) is 1. The molecule has 158 valence electrons. The molecular formula is C26H20ClN3O2. The molecule has 0 fully saturated rings. The second-order valence-corrected chi connectivity index (χ2v) is 8.33. The standard InChI is InChI=1S/C26H20ClN3O2/c27-22-7-5-17(6-8-22)15-30-16-21(14-28-30)26(32)29-23-9-10-25(31)24(13-23)20-11-18-3-1-2-4-19(18)12-20/h1-9,11,13-14,16H,10,12,15H2,(H,29,32). The molecule has 5 rings (SSSR count). The molecule has 0 radical (unpaired) electrons. The normalized spacial score (nSPS) is 15.0. The van der Waals surface area contributed by atoms with E-state index in [1.54, 1.807) is 29.2 Å². The molecule has 0 saturated carbocycles. The van der Waals surface area contributed by atoms with Crippen molar-refractivity contribution in [3.8, 4) is 0 Å². The molecule has 2 aliphatic carbocycles. The summed E-state index contributed by atoms with van der Waals surface area (Å²) in [5.41, 5.74) is 6.14. The van der Waals surface area contributed by atoms with Crippen LogP contribution < -0.4 is 5.32 Å². The van der Waals surface area contributed by atoms with Gasteiger partial charge in [0.1, 0.15) is 0 Å². The van der Waals surface area contributed by atoms with Gasteiger partial charge in [-0.05, 0) is 46.9 Å². The first-order valence-corrected chi connectivity index (χ1v) is 10.7. The minimum atomic E-state index is -0.257. The summed E-state index contributed by atoms with van der Waals surface area (Å²) in [6, 6.07) is 15.6.